The topological polar surface area (TPSA) is 42.6 Å². The van der Waals surface area contributed by atoms with Crippen molar-refractivity contribution in [3.05, 3.63) is 33.8 Å². The van der Waals surface area contributed by atoms with Crippen molar-refractivity contribution < 1.29 is 9.69 Å². The van der Waals surface area contributed by atoms with E-state index in [4.69, 9.17) is 12.2 Å². The molecule has 2 aromatic rings. The van der Waals surface area contributed by atoms with Gasteiger partial charge in [0.1, 0.15) is 0 Å². The Bertz CT molecular complexity index is 824. The highest BCUT2D eigenvalue weighted by Crippen LogP contribution is 2.29. The molecular weight excluding hydrogens is 384 g/mol. The monoisotopic (exact) mass is 409 g/mol. The van der Waals surface area contributed by atoms with Crippen LogP contribution < -0.4 is 4.90 Å². The normalized spacial score (nSPS) is 16.7. The summed E-state index contributed by atoms with van der Waals surface area (Å²) in [6, 6.07) is 8.06. The van der Waals surface area contributed by atoms with Crippen LogP contribution in [0.5, 0.6) is 0 Å². The molecule has 1 N–H and O–H groups in total. The van der Waals surface area contributed by atoms with Crippen LogP contribution in [0.2, 0.25) is 0 Å². The van der Waals surface area contributed by atoms with E-state index in [0.29, 0.717) is 3.95 Å². The van der Waals surface area contributed by atoms with E-state index in [0.717, 1.165) is 48.3 Å². The van der Waals surface area contributed by atoms with Crippen molar-refractivity contribution in [2.75, 3.05) is 32.7 Å². The predicted octanol–water partition coefficient (Wildman–Crippen LogP) is 2.20. The van der Waals surface area contributed by atoms with Crippen molar-refractivity contribution in [3.8, 4) is 5.69 Å². The fourth-order valence-corrected chi connectivity index (χ4v) is 5.69. The fourth-order valence-electron chi connectivity index (χ4n) is 3.12. The lowest BCUT2D eigenvalue weighted by atomic mass is 10.2. The standard InChI is InChI=1S/C18H24N4OS3/c1-4-20-9-11-21(12-10-20)16(23)14(3)25-17-19-22(18(24)26-17)15-8-6-5-7-13(15)2/h5-8,14H,4,9-12H2,1-3H3/p+1/t14-/m0/s1. The zero-order valence-electron chi connectivity index (χ0n) is 15.4. The highest BCUT2D eigenvalue weighted by Gasteiger charge is 2.27. The predicted molar refractivity (Wildman–Crippen MR) is 110 cm³/mol. The Balaban J connectivity index is 1.68. The number of hydrogen-bond acceptors (Lipinski definition) is 5. The Morgan fingerprint density at radius 3 is 2.73 bits per heavy atom. The quantitative estimate of drug-likeness (QED) is 0.607. The van der Waals surface area contributed by atoms with Crippen molar-refractivity contribution in [2.24, 2.45) is 0 Å². The zero-order valence-corrected chi connectivity index (χ0v) is 17.8. The van der Waals surface area contributed by atoms with E-state index in [-0.39, 0.29) is 11.2 Å². The number of thioether (sulfide) groups is 1. The van der Waals surface area contributed by atoms with Crippen LogP contribution in [0.3, 0.4) is 0 Å². The summed E-state index contributed by atoms with van der Waals surface area (Å²) in [5.74, 6) is 0.203. The van der Waals surface area contributed by atoms with Crippen LogP contribution in [0.25, 0.3) is 5.69 Å². The minimum Gasteiger partial charge on any atom is -0.332 e. The third-order valence-electron chi connectivity index (χ3n) is 4.78. The van der Waals surface area contributed by atoms with E-state index in [1.807, 2.05) is 43.0 Å². The average molecular weight is 410 g/mol. The highest BCUT2D eigenvalue weighted by atomic mass is 32.2. The van der Waals surface area contributed by atoms with Crippen molar-refractivity contribution in [3.63, 3.8) is 0 Å². The van der Waals surface area contributed by atoms with Gasteiger partial charge in [0.15, 0.2) is 8.29 Å². The number of amides is 1. The Kier molecular flexibility index (Phi) is 6.50. The van der Waals surface area contributed by atoms with Crippen molar-refractivity contribution in [1.82, 2.24) is 14.7 Å². The molecule has 1 fully saturated rings. The van der Waals surface area contributed by atoms with Gasteiger partial charge in [0, 0.05) is 0 Å². The molecule has 2 heterocycles. The first-order valence-electron chi connectivity index (χ1n) is 8.94. The molecule has 3 rings (SSSR count). The van der Waals surface area contributed by atoms with Gasteiger partial charge in [-0.25, -0.2) is 4.68 Å². The summed E-state index contributed by atoms with van der Waals surface area (Å²) in [6.45, 7) is 11.1. The molecular formula is C18H25N4OS3+. The SMILES string of the molecule is CC[NH+]1CCN(C(=O)[C@H](C)Sc2nn(-c3ccccc3C)c(=S)s2)CC1. The second-order valence-electron chi connectivity index (χ2n) is 6.52. The van der Waals surface area contributed by atoms with Crippen molar-refractivity contribution >= 4 is 41.2 Å². The number of rotatable bonds is 5. The number of carbonyl (C=O) groups excluding carboxylic acids is 1. The second-order valence-corrected chi connectivity index (χ2v) is 9.73. The third-order valence-corrected chi connectivity index (χ3v) is 7.18. The summed E-state index contributed by atoms with van der Waals surface area (Å²) < 4.78 is 3.36. The number of nitrogens with one attached hydrogen (secondary N) is 1. The van der Waals surface area contributed by atoms with Gasteiger partial charge in [0.25, 0.3) is 0 Å². The van der Waals surface area contributed by atoms with Gasteiger partial charge in [-0.3, -0.25) is 4.79 Å². The molecule has 0 bridgehead atoms. The lowest BCUT2D eigenvalue weighted by Crippen LogP contribution is -3.14. The minimum absolute atomic E-state index is 0.149. The number of nitrogens with zero attached hydrogens (tertiary/aromatic N) is 3. The molecule has 0 aliphatic carbocycles. The van der Waals surface area contributed by atoms with Crippen molar-refractivity contribution in [1.29, 1.82) is 0 Å². The Labute approximate surface area is 168 Å². The molecule has 1 saturated heterocycles. The summed E-state index contributed by atoms with van der Waals surface area (Å²) in [5, 5.41) is 4.50. The summed E-state index contributed by atoms with van der Waals surface area (Å²) in [4.78, 5) is 16.3. The molecule has 1 aliphatic heterocycles. The van der Waals surface area contributed by atoms with Crippen LogP contribution in [0.4, 0.5) is 0 Å². The Morgan fingerprint density at radius 1 is 1.38 bits per heavy atom. The maximum atomic E-state index is 12.8. The number of benzene rings is 1. The maximum Gasteiger partial charge on any atom is 0.236 e. The number of aryl methyl sites for hydroxylation is 1. The number of carbonyl (C=O) groups is 1. The molecule has 8 heteroatoms. The van der Waals surface area contributed by atoms with Crippen LogP contribution in [-0.2, 0) is 4.79 Å². The first-order valence-corrected chi connectivity index (χ1v) is 11.0. The molecule has 1 aliphatic rings. The molecule has 140 valence electrons. The van der Waals surface area contributed by atoms with E-state index >= 15 is 0 Å². The summed E-state index contributed by atoms with van der Waals surface area (Å²) in [7, 11) is 0. The number of likely N-dealkylation sites (N-methyl/N-ethyl adjacent to an activating group) is 1. The van der Waals surface area contributed by atoms with Crippen LogP contribution in [0.1, 0.15) is 19.4 Å². The van der Waals surface area contributed by atoms with Crippen LogP contribution >= 0.6 is 35.3 Å². The molecule has 1 atom stereocenters. The van der Waals surface area contributed by atoms with Gasteiger partial charge in [-0.1, -0.05) is 41.3 Å². The number of para-hydroxylation sites is 1. The van der Waals surface area contributed by atoms with Gasteiger partial charge in [-0.05, 0) is 44.6 Å². The Morgan fingerprint density at radius 2 is 2.08 bits per heavy atom. The van der Waals surface area contributed by atoms with E-state index in [1.54, 1.807) is 9.58 Å². The van der Waals surface area contributed by atoms with Crippen molar-refractivity contribution in [2.45, 2.75) is 30.4 Å². The first-order chi connectivity index (χ1) is 12.5. The molecule has 0 radical (unpaired) electrons. The van der Waals surface area contributed by atoms with E-state index in [2.05, 4.69) is 12.0 Å². The minimum atomic E-state index is -0.149. The fraction of sp³-hybridized carbons (Fsp3) is 0.500. The summed E-state index contributed by atoms with van der Waals surface area (Å²) >= 11 is 8.47. The van der Waals surface area contributed by atoms with E-state index < -0.39 is 0 Å². The highest BCUT2D eigenvalue weighted by molar-refractivity contribution is 8.02. The number of hydrogen-bond donors (Lipinski definition) is 1. The molecule has 0 saturated carbocycles. The third kappa shape index (κ3) is 4.36. The van der Waals surface area contributed by atoms with Gasteiger partial charge in [0.05, 0.1) is 43.7 Å². The molecule has 1 amide bonds. The van der Waals surface area contributed by atoms with Gasteiger partial charge >= 0.3 is 0 Å². The molecule has 0 spiro atoms. The largest absolute Gasteiger partial charge is 0.332 e. The average Bonchev–Trinajstić information content (AvgIpc) is 3.01. The molecule has 5 nitrogen and oxygen atoms in total. The molecule has 1 aromatic carbocycles. The lowest BCUT2D eigenvalue weighted by molar-refractivity contribution is -0.902. The summed E-state index contributed by atoms with van der Waals surface area (Å²) in [6.07, 6.45) is 0. The second kappa shape index (κ2) is 8.65. The smallest absolute Gasteiger partial charge is 0.236 e. The first kappa shape index (κ1) is 19.5. The van der Waals surface area contributed by atoms with E-state index in [9.17, 15) is 4.79 Å². The van der Waals surface area contributed by atoms with Gasteiger partial charge in [-0.2, -0.15) is 0 Å². The zero-order chi connectivity index (χ0) is 18.7. The van der Waals surface area contributed by atoms with Crippen LogP contribution in [0, 0.1) is 10.9 Å². The molecule has 26 heavy (non-hydrogen) atoms. The van der Waals surface area contributed by atoms with Crippen LogP contribution in [-0.4, -0.2) is 58.6 Å². The maximum absolute atomic E-state index is 12.8. The van der Waals surface area contributed by atoms with Gasteiger partial charge in [-0.15, -0.1) is 5.10 Å². The van der Waals surface area contributed by atoms with E-state index in [1.165, 1.54) is 23.1 Å². The number of aromatic nitrogens is 2. The molecule has 1 aromatic heterocycles. The Hall–Kier alpha value is -1.22. The van der Waals surface area contributed by atoms with Crippen LogP contribution in [0.15, 0.2) is 28.6 Å². The lowest BCUT2D eigenvalue weighted by Gasteiger charge is -2.32. The number of piperazine rings is 1. The molecule has 0 unspecified atom stereocenters. The summed E-state index contributed by atoms with van der Waals surface area (Å²) in [5.41, 5.74) is 2.13. The van der Waals surface area contributed by atoms with Gasteiger partial charge < -0.3 is 9.80 Å². The number of quaternary nitrogens is 1. The van der Waals surface area contributed by atoms with Gasteiger partial charge in [0.2, 0.25) is 5.91 Å².